The maximum Gasteiger partial charge on any atom is 0.264 e. The number of rotatable bonds is 11. The summed E-state index contributed by atoms with van der Waals surface area (Å²) in [6, 6.07) is 27.4. The van der Waals surface area contributed by atoms with Crippen molar-refractivity contribution < 1.29 is 22.4 Å². The SMILES string of the molecule is CNC(=O)C(Cc1ccccc1)N(Cc1cccc(C)c1)C(=O)CN(c1ccccc1F)S(=O)(=O)c1ccc(C)cc1. The number of anilines is 1. The maximum absolute atomic E-state index is 15.1. The molecule has 0 aliphatic rings. The second kappa shape index (κ2) is 13.4. The van der Waals surface area contributed by atoms with Gasteiger partial charge in [0.1, 0.15) is 18.4 Å². The molecular formula is C33H34FN3O4S. The van der Waals surface area contributed by atoms with E-state index in [0.717, 1.165) is 32.6 Å². The number of nitrogens with zero attached hydrogens (tertiary/aromatic N) is 2. The number of sulfonamides is 1. The summed E-state index contributed by atoms with van der Waals surface area (Å²) in [6.45, 7) is 3.07. The second-order valence-corrected chi connectivity index (χ2v) is 12.0. The summed E-state index contributed by atoms with van der Waals surface area (Å²) < 4.78 is 43.7. The van der Waals surface area contributed by atoms with Crippen LogP contribution < -0.4 is 9.62 Å². The molecule has 1 N–H and O–H groups in total. The van der Waals surface area contributed by atoms with E-state index in [2.05, 4.69) is 5.32 Å². The minimum Gasteiger partial charge on any atom is -0.357 e. The number of nitrogens with one attached hydrogen (secondary N) is 1. The summed E-state index contributed by atoms with van der Waals surface area (Å²) >= 11 is 0. The molecule has 0 fully saturated rings. The molecule has 2 amide bonds. The third-order valence-corrected chi connectivity index (χ3v) is 8.74. The Bertz CT molecular complexity index is 1640. The van der Waals surface area contributed by atoms with Crippen molar-refractivity contribution in [2.75, 3.05) is 17.9 Å². The van der Waals surface area contributed by atoms with E-state index >= 15 is 4.39 Å². The lowest BCUT2D eigenvalue weighted by molar-refractivity contribution is -0.139. The number of hydrogen-bond donors (Lipinski definition) is 1. The van der Waals surface area contributed by atoms with Crippen molar-refractivity contribution in [2.24, 2.45) is 0 Å². The zero-order valence-electron chi connectivity index (χ0n) is 23.8. The van der Waals surface area contributed by atoms with Gasteiger partial charge in [0.05, 0.1) is 10.6 Å². The van der Waals surface area contributed by atoms with E-state index in [9.17, 15) is 18.0 Å². The van der Waals surface area contributed by atoms with Crippen LogP contribution in [0, 0.1) is 19.7 Å². The summed E-state index contributed by atoms with van der Waals surface area (Å²) in [6.07, 6.45) is 0.197. The first-order valence-corrected chi connectivity index (χ1v) is 15.0. The smallest absolute Gasteiger partial charge is 0.264 e. The normalized spacial score (nSPS) is 11.9. The Balaban J connectivity index is 1.80. The highest BCUT2D eigenvalue weighted by Crippen LogP contribution is 2.27. The molecule has 0 bridgehead atoms. The van der Waals surface area contributed by atoms with Crippen LogP contribution in [0.15, 0.2) is 108 Å². The van der Waals surface area contributed by atoms with Crippen LogP contribution in [0.1, 0.15) is 22.3 Å². The van der Waals surface area contributed by atoms with Gasteiger partial charge in [-0.25, -0.2) is 12.8 Å². The number of para-hydroxylation sites is 1. The zero-order valence-corrected chi connectivity index (χ0v) is 24.6. The van der Waals surface area contributed by atoms with Gasteiger partial charge in [-0.3, -0.25) is 13.9 Å². The molecule has 42 heavy (non-hydrogen) atoms. The molecule has 1 unspecified atom stereocenters. The molecule has 0 aliphatic carbocycles. The number of halogens is 1. The van der Waals surface area contributed by atoms with E-state index in [1.54, 1.807) is 12.1 Å². The summed E-state index contributed by atoms with van der Waals surface area (Å²) in [5, 5.41) is 2.65. The summed E-state index contributed by atoms with van der Waals surface area (Å²) in [5.41, 5.74) is 3.15. The molecule has 9 heteroatoms. The van der Waals surface area contributed by atoms with Crippen LogP contribution in [0.25, 0.3) is 0 Å². The van der Waals surface area contributed by atoms with Gasteiger partial charge in [0.25, 0.3) is 10.0 Å². The number of hydrogen-bond acceptors (Lipinski definition) is 4. The van der Waals surface area contributed by atoms with Crippen molar-refractivity contribution in [3.63, 3.8) is 0 Å². The predicted molar refractivity (Wildman–Crippen MR) is 162 cm³/mol. The lowest BCUT2D eigenvalue weighted by Gasteiger charge is -2.33. The van der Waals surface area contributed by atoms with Crippen LogP contribution in [-0.2, 0) is 32.6 Å². The van der Waals surface area contributed by atoms with Crippen molar-refractivity contribution in [2.45, 2.75) is 37.8 Å². The Labute approximate surface area is 246 Å². The molecule has 7 nitrogen and oxygen atoms in total. The van der Waals surface area contributed by atoms with Crippen molar-refractivity contribution in [3.8, 4) is 0 Å². The number of benzene rings is 4. The van der Waals surface area contributed by atoms with E-state index in [1.165, 1.54) is 42.3 Å². The van der Waals surface area contributed by atoms with E-state index in [4.69, 9.17) is 0 Å². The summed E-state index contributed by atoms with van der Waals surface area (Å²) in [5.74, 6) is -1.85. The molecule has 0 spiro atoms. The molecule has 4 aromatic rings. The number of likely N-dealkylation sites (N-methyl/N-ethyl adjacent to an activating group) is 1. The second-order valence-electron chi connectivity index (χ2n) is 10.1. The van der Waals surface area contributed by atoms with Crippen LogP contribution in [-0.4, -0.2) is 44.8 Å². The fourth-order valence-corrected chi connectivity index (χ4v) is 6.15. The van der Waals surface area contributed by atoms with Crippen molar-refractivity contribution in [3.05, 3.63) is 131 Å². The first-order chi connectivity index (χ1) is 20.1. The minimum atomic E-state index is -4.37. The lowest BCUT2D eigenvalue weighted by Crippen LogP contribution is -2.53. The van der Waals surface area contributed by atoms with Gasteiger partial charge in [-0.05, 0) is 49.2 Å². The molecule has 4 aromatic carbocycles. The molecule has 0 heterocycles. The standard InChI is InChI=1S/C33H34FN3O4S/c1-24-16-18-28(19-17-24)42(40,41)37(30-15-8-7-14-29(30)34)23-32(38)36(22-27-13-9-10-25(2)20-27)31(33(39)35-3)21-26-11-5-4-6-12-26/h4-20,31H,21-23H2,1-3H3,(H,35,39). The minimum absolute atomic E-state index is 0.0428. The fourth-order valence-electron chi connectivity index (χ4n) is 4.73. The van der Waals surface area contributed by atoms with Crippen LogP contribution in [0.2, 0.25) is 0 Å². The number of aryl methyl sites for hydroxylation is 2. The Morgan fingerprint density at radius 3 is 2.10 bits per heavy atom. The third kappa shape index (κ3) is 7.22. The van der Waals surface area contributed by atoms with E-state index in [0.29, 0.717) is 0 Å². The third-order valence-electron chi connectivity index (χ3n) is 6.96. The van der Waals surface area contributed by atoms with Gasteiger partial charge in [-0.15, -0.1) is 0 Å². The molecule has 0 saturated heterocycles. The lowest BCUT2D eigenvalue weighted by atomic mass is 10.0. The maximum atomic E-state index is 15.1. The van der Waals surface area contributed by atoms with Crippen molar-refractivity contribution >= 4 is 27.5 Å². The highest BCUT2D eigenvalue weighted by Gasteiger charge is 2.35. The van der Waals surface area contributed by atoms with E-state index < -0.39 is 40.2 Å². The molecule has 0 radical (unpaired) electrons. The molecule has 0 aromatic heterocycles. The van der Waals surface area contributed by atoms with Gasteiger partial charge in [0.15, 0.2) is 0 Å². The summed E-state index contributed by atoms with van der Waals surface area (Å²) in [7, 11) is -2.88. The number of amides is 2. The molecule has 218 valence electrons. The van der Waals surface area contributed by atoms with Crippen LogP contribution in [0.5, 0.6) is 0 Å². The molecule has 0 saturated carbocycles. The predicted octanol–water partition coefficient (Wildman–Crippen LogP) is 5.02. The first-order valence-electron chi connectivity index (χ1n) is 13.5. The van der Waals surface area contributed by atoms with Gasteiger partial charge in [-0.1, -0.05) is 90.0 Å². The van der Waals surface area contributed by atoms with Gasteiger partial charge < -0.3 is 10.2 Å². The average Bonchev–Trinajstić information content (AvgIpc) is 2.98. The zero-order chi connectivity index (χ0) is 30.3. The van der Waals surface area contributed by atoms with Crippen LogP contribution in [0.4, 0.5) is 10.1 Å². The Hall–Kier alpha value is -4.50. The van der Waals surface area contributed by atoms with E-state index in [1.807, 2.05) is 68.4 Å². The highest BCUT2D eigenvalue weighted by molar-refractivity contribution is 7.92. The molecular weight excluding hydrogens is 553 g/mol. The highest BCUT2D eigenvalue weighted by atomic mass is 32.2. The van der Waals surface area contributed by atoms with E-state index in [-0.39, 0.29) is 23.5 Å². The molecule has 4 rings (SSSR count). The average molecular weight is 588 g/mol. The quantitative estimate of drug-likeness (QED) is 0.267. The number of carbonyl (C=O) groups is 2. The van der Waals surface area contributed by atoms with Gasteiger partial charge in [0.2, 0.25) is 11.8 Å². The van der Waals surface area contributed by atoms with Crippen LogP contribution >= 0.6 is 0 Å². The van der Waals surface area contributed by atoms with Crippen LogP contribution in [0.3, 0.4) is 0 Å². The van der Waals surface area contributed by atoms with Gasteiger partial charge in [-0.2, -0.15) is 0 Å². The van der Waals surface area contributed by atoms with Gasteiger partial charge >= 0.3 is 0 Å². The fraction of sp³-hybridized carbons (Fsp3) is 0.212. The molecule has 0 aliphatic heterocycles. The Morgan fingerprint density at radius 2 is 1.45 bits per heavy atom. The van der Waals surface area contributed by atoms with Crippen molar-refractivity contribution in [1.29, 1.82) is 0 Å². The number of carbonyl (C=O) groups excluding carboxylic acids is 2. The Morgan fingerprint density at radius 1 is 0.810 bits per heavy atom. The topological polar surface area (TPSA) is 86.8 Å². The van der Waals surface area contributed by atoms with Crippen molar-refractivity contribution in [1.82, 2.24) is 10.2 Å². The Kier molecular flexibility index (Phi) is 9.75. The molecule has 1 atom stereocenters. The first kappa shape index (κ1) is 30.5. The monoisotopic (exact) mass is 587 g/mol. The summed E-state index contributed by atoms with van der Waals surface area (Å²) in [4.78, 5) is 28.8. The van der Waals surface area contributed by atoms with Gasteiger partial charge in [0, 0.05) is 20.0 Å². The largest absolute Gasteiger partial charge is 0.357 e.